The molecule has 2 aromatic carbocycles. The van der Waals surface area contributed by atoms with E-state index in [-0.39, 0.29) is 5.56 Å². The third-order valence-corrected chi connectivity index (χ3v) is 2.97. The Bertz CT molecular complexity index is 618. The minimum Gasteiger partial charge on any atom is -0.478 e. The minimum atomic E-state index is -0.944. The van der Waals surface area contributed by atoms with Gasteiger partial charge in [-0.2, -0.15) is 0 Å². The molecule has 0 unspecified atom stereocenters. The van der Waals surface area contributed by atoms with E-state index in [1.807, 2.05) is 26.0 Å². The number of carbonyl (C=O) groups is 1. The predicted molar refractivity (Wildman–Crippen MR) is 72.7 cm³/mol. The maximum absolute atomic E-state index is 11.0. The van der Waals surface area contributed by atoms with Crippen molar-refractivity contribution >= 4 is 11.7 Å². The molecule has 92 valence electrons. The summed E-state index contributed by atoms with van der Waals surface area (Å²) in [4.78, 5) is 11.0. The van der Waals surface area contributed by atoms with Gasteiger partial charge in [-0.3, -0.25) is 0 Å². The maximum Gasteiger partial charge on any atom is 0.335 e. The molecule has 0 fully saturated rings. The van der Waals surface area contributed by atoms with Crippen molar-refractivity contribution in [2.75, 3.05) is 5.73 Å². The number of carboxylic acid groups (broad SMARTS) is 1. The topological polar surface area (TPSA) is 63.3 Å². The Hall–Kier alpha value is -2.29. The monoisotopic (exact) mass is 241 g/mol. The number of aromatic carboxylic acids is 1. The molecule has 0 bridgehead atoms. The van der Waals surface area contributed by atoms with Crippen LogP contribution < -0.4 is 5.73 Å². The van der Waals surface area contributed by atoms with E-state index in [1.165, 1.54) is 11.6 Å². The van der Waals surface area contributed by atoms with Gasteiger partial charge in [0.15, 0.2) is 0 Å². The maximum atomic E-state index is 11.0. The van der Waals surface area contributed by atoms with Gasteiger partial charge in [0.05, 0.1) is 5.56 Å². The Morgan fingerprint density at radius 2 is 1.78 bits per heavy atom. The van der Waals surface area contributed by atoms with Crippen LogP contribution >= 0.6 is 0 Å². The molecule has 0 aliphatic heterocycles. The number of benzene rings is 2. The first-order valence-corrected chi connectivity index (χ1v) is 5.69. The number of nitrogen functional groups attached to an aromatic ring is 1. The molecule has 0 heterocycles. The lowest BCUT2D eigenvalue weighted by Crippen LogP contribution is -1.99. The van der Waals surface area contributed by atoms with E-state index in [0.29, 0.717) is 5.69 Å². The molecule has 3 N–H and O–H groups in total. The van der Waals surface area contributed by atoms with Gasteiger partial charge >= 0.3 is 5.97 Å². The van der Waals surface area contributed by atoms with Gasteiger partial charge in [-0.1, -0.05) is 23.8 Å². The Labute approximate surface area is 106 Å². The second kappa shape index (κ2) is 4.53. The molecule has 2 aromatic rings. The Morgan fingerprint density at radius 3 is 2.39 bits per heavy atom. The summed E-state index contributed by atoms with van der Waals surface area (Å²) < 4.78 is 0. The Kier molecular flexibility index (Phi) is 3.06. The van der Waals surface area contributed by atoms with E-state index < -0.39 is 5.97 Å². The van der Waals surface area contributed by atoms with Crippen LogP contribution in [0.2, 0.25) is 0 Å². The largest absolute Gasteiger partial charge is 0.478 e. The van der Waals surface area contributed by atoms with Gasteiger partial charge in [0.25, 0.3) is 0 Å². The number of rotatable bonds is 2. The Balaban J connectivity index is 2.62. The van der Waals surface area contributed by atoms with E-state index in [2.05, 4.69) is 6.07 Å². The van der Waals surface area contributed by atoms with Gasteiger partial charge in [0.2, 0.25) is 0 Å². The normalized spacial score (nSPS) is 10.3. The number of anilines is 1. The van der Waals surface area contributed by atoms with Crippen molar-refractivity contribution in [2.45, 2.75) is 13.8 Å². The highest BCUT2D eigenvalue weighted by molar-refractivity contribution is 5.92. The zero-order valence-corrected chi connectivity index (χ0v) is 10.4. The van der Waals surface area contributed by atoms with Crippen LogP contribution in [0.4, 0.5) is 5.69 Å². The lowest BCUT2D eigenvalue weighted by atomic mass is 9.96. The summed E-state index contributed by atoms with van der Waals surface area (Å²) in [5.74, 6) is -0.944. The summed E-state index contributed by atoms with van der Waals surface area (Å²) in [6.45, 7) is 4.02. The zero-order chi connectivity index (χ0) is 13.3. The minimum absolute atomic E-state index is 0.249. The number of carboxylic acids is 1. The van der Waals surface area contributed by atoms with Gasteiger partial charge < -0.3 is 10.8 Å². The summed E-state index contributed by atoms with van der Waals surface area (Å²) >= 11 is 0. The van der Waals surface area contributed by atoms with Crippen molar-refractivity contribution in [3.63, 3.8) is 0 Å². The van der Waals surface area contributed by atoms with Crippen LogP contribution in [-0.4, -0.2) is 11.1 Å². The average molecular weight is 241 g/mol. The second-order valence-electron chi connectivity index (χ2n) is 4.43. The van der Waals surface area contributed by atoms with Crippen LogP contribution in [0.1, 0.15) is 21.5 Å². The fourth-order valence-electron chi connectivity index (χ4n) is 2.04. The zero-order valence-electron chi connectivity index (χ0n) is 10.4. The van der Waals surface area contributed by atoms with Gasteiger partial charge in [-0.25, -0.2) is 4.79 Å². The third-order valence-electron chi connectivity index (χ3n) is 2.97. The van der Waals surface area contributed by atoms with Gasteiger partial charge in [-0.05, 0) is 43.2 Å². The van der Waals surface area contributed by atoms with Gasteiger partial charge in [0.1, 0.15) is 0 Å². The summed E-state index contributed by atoms with van der Waals surface area (Å²) in [7, 11) is 0. The first kappa shape index (κ1) is 12.2. The molecule has 0 radical (unpaired) electrons. The fourth-order valence-corrected chi connectivity index (χ4v) is 2.04. The van der Waals surface area contributed by atoms with Crippen LogP contribution in [0.25, 0.3) is 11.1 Å². The molecule has 3 nitrogen and oxygen atoms in total. The van der Waals surface area contributed by atoms with Crippen LogP contribution in [0.3, 0.4) is 0 Å². The summed E-state index contributed by atoms with van der Waals surface area (Å²) in [6.07, 6.45) is 0. The van der Waals surface area contributed by atoms with Gasteiger partial charge in [0, 0.05) is 11.3 Å². The number of hydrogen-bond donors (Lipinski definition) is 2. The van der Waals surface area contributed by atoms with E-state index in [4.69, 9.17) is 10.8 Å². The number of aryl methyl sites for hydroxylation is 2. The van der Waals surface area contributed by atoms with Crippen molar-refractivity contribution in [1.29, 1.82) is 0 Å². The van der Waals surface area contributed by atoms with Crippen molar-refractivity contribution in [3.05, 3.63) is 53.1 Å². The molecule has 0 aliphatic carbocycles. The fraction of sp³-hybridized carbons (Fsp3) is 0.133. The molecule has 0 amide bonds. The summed E-state index contributed by atoms with van der Waals surface area (Å²) in [6, 6.07) is 10.8. The smallest absolute Gasteiger partial charge is 0.335 e. The van der Waals surface area contributed by atoms with Crippen LogP contribution in [0.5, 0.6) is 0 Å². The number of nitrogens with two attached hydrogens (primary N) is 1. The van der Waals surface area contributed by atoms with Crippen molar-refractivity contribution in [1.82, 2.24) is 0 Å². The molecular weight excluding hydrogens is 226 g/mol. The molecule has 0 aliphatic rings. The van der Waals surface area contributed by atoms with Gasteiger partial charge in [-0.15, -0.1) is 0 Å². The van der Waals surface area contributed by atoms with Crippen LogP contribution in [-0.2, 0) is 0 Å². The highest BCUT2D eigenvalue weighted by Gasteiger charge is 2.10. The van der Waals surface area contributed by atoms with Crippen molar-refractivity contribution < 1.29 is 9.90 Å². The molecular formula is C15H15NO2. The SMILES string of the molecule is Cc1ccc(-c2cc(C(=O)O)ccc2N)c(C)c1. The highest BCUT2D eigenvalue weighted by Crippen LogP contribution is 2.30. The second-order valence-corrected chi connectivity index (χ2v) is 4.43. The van der Waals surface area contributed by atoms with Crippen LogP contribution in [0, 0.1) is 13.8 Å². The first-order valence-electron chi connectivity index (χ1n) is 5.69. The standard InChI is InChI=1S/C15H15NO2/c1-9-3-5-12(10(2)7-9)13-8-11(15(17)18)4-6-14(13)16/h3-8H,16H2,1-2H3,(H,17,18). The predicted octanol–water partition coefficient (Wildman–Crippen LogP) is 3.25. The lowest BCUT2D eigenvalue weighted by molar-refractivity contribution is 0.0697. The van der Waals surface area contributed by atoms with Crippen molar-refractivity contribution in [3.8, 4) is 11.1 Å². The molecule has 18 heavy (non-hydrogen) atoms. The molecule has 2 rings (SSSR count). The summed E-state index contributed by atoms with van der Waals surface area (Å²) in [5.41, 5.74) is 10.8. The molecule has 0 saturated carbocycles. The molecule has 0 aromatic heterocycles. The molecule has 0 atom stereocenters. The summed E-state index contributed by atoms with van der Waals surface area (Å²) in [5, 5.41) is 9.02. The Morgan fingerprint density at radius 1 is 1.06 bits per heavy atom. The number of hydrogen-bond acceptors (Lipinski definition) is 2. The third kappa shape index (κ3) is 2.20. The highest BCUT2D eigenvalue weighted by atomic mass is 16.4. The van der Waals surface area contributed by atoms with E-state index in [9.17, 15) is 4.79 Å². The molecule has 0 spiro atoms. The van der Waals surface area contributed by atoms with Crippen LogP contribution in [0.15, 0.2) is 36.4 Å². The van der Waals surface area contributed by atoms with E-state index in [0.717, 1.165) is 16.7 Å². The first-order chi connectivity index (χ1) is 8.49. The average Bonchev–Trinajstić information content (AvgIpc) is 2.30. The van der Waals surface area contributed by atoms with E-state index >= 15 is 0 Å². The molecule has 3 heteroatoms. The lowest BCUT2D eigenvalue weighted by Gasteiger charge is -2.11. The molecule has 0 saturated heterocycles. The quantitative estimate of drug-likeness (QED) is 0.793. The van der Waals surface area contributed by atoms with Crippen molar-refractivity contribution in [2.24, 2.45) is 0 Å². The van der Waals surface area contributed by atoms with E-state index in [1.54, 1.807) is 12.1 Å².